The van der Waals surface area contributed by atoms with E-state index >= 15 is 0 Å². The predicted molar refractivity (Wildman–Crippen MR) is 72.6 cm³/mol. The molecular formula is C13H25N3O3. The number of hydrogen-bond donors (Lipinski definition) is 3. The van der Waals surface area contributed by atoms with Crippen LogP contribution in [0.5, 0.6) is 0 Å². The van der Waals surface area contributed by atoms with Crippen molar-refractivity contribution in [3.05, 3.63) is 0 Å². The van der Waals surface area contributed by atoms with Crippen molar-refractivity contribution in [2.45, 2.75) is 52.5 Å². The molecule has 1 aliphatic heterocycles. The fourth-order valence-electron chi connectivity index (χ4n) is 2.09. The lowest BCUT2D eigenvalue weighted by Gasteiger charge is -2.32. The molecule has 0 saturated carbocycles. The van der Waals surface area contributed by atoms with Gasteiger partial charge in [0.25, 0.3) is 0 Å². The summed E-state index contributed by atoms with van der Waals surface area (Å²) >= 11 is 0. The molecule has 1 rings (SSSR count). The average Bonchev–Trinajstić information content (AvgIpc) is 2.27. The Morgan fingerprint density at radius 1 is 1.21 bits per heavy atom. The van der Waals surface area contributed by atoms with E-state index in [1.165, 1.54) is 6.42 Å². The van der Waals surface area contributed by atoms with Crippen molar-refractivity contribution in [3.8, 4) is 0 Å². The molecule has 0 spiro atoms. The lowest BCUT2D eigenvalue weighted by atomic mass is 9.85. The summed E-state index contributed by atoms with van der Waals surface area (Å²) in [7, 11) is 0. The van der Waals surface area contributed by atoms with Crippen molar-refractivity contribution in [2.24, 2.45) is 5.41 Å². The summed E-state index contributed by atoms with van der Waals surface area (Å²) in [6.07, 6.45) is 3.29. The van der Waals surface area contributed by atoms with Gasteiger partial charge in [-0.15, -0.1) is 0 Å². The molecule has 0 aromatic rings. The Labute approximate surface area is 114 Å². The van der Waals surface area contributed by atoms with Gasteiger partial charge in [-0.1, -0.05) is 27.2 Å². The van der Waals surface area contributed by atoms with Gasteiger partial charge in [-0.25, -0.2) is 9.80 Å². The van der Waals surface area contributed by atoms with E-state index in [9.17, 15) is 9.59 Å². The second kappa shape index (κ2) is 6.75. The Balaban J connectivity index is 2.48. The van der Waals surface area contributed by atoms with E-state index in [-0.39, 0.29) is 17.9 Å². The quantitative estimate of drug-likeness (QED) is 0.725. The van der Waals surface area contributed by atoms with E-state index in [0.29, 0.717) is 0 Å². The molecule has 3 N–H and O–H groups in total. The number of nitrogens with zero attached hydrogens (tertiary/aromatic N) is 1. The number of carboxylic acids is 1. The predicted octanol–water partition coefficient (Wildman–Crippen LogP) is 1.58. The van der Waals surface area contributed by atoms with Gasteiger partial charge in [0.2, 0.25) is 0 Å². The van der Waals surface area contributed by atoms with Crippen molar-refractivity contribution in [3.63, 3.8) is 0 Å². The fourth-order valence-corrected chi connectivity index (χ4v) is 2.09. The van der Waals surface area contributed by atoms with Crippen molar-refractivity contribution < 1.29 is 14.7 Å². The largest absolute Gasteiger partial charge is 0.481 e. The standard InChI is InChI=1S/C13H25N3O3/c1-13(2,3)10(9-11(17)18)14-12(19)15-16-7-5-4-6-8-16/h10H,4-9H2,1-3H3,(H,17,18)(H2,14,15,19). The molecule has 110 valence electrons. The smallest absolute Gasteiger partial charge is 0.329 e. The van der Waals surface area contributed by atoms with Gasteiger partial charge >= 0.3 is 12.0 Å². The highest BCUT2D eigenvalue weighted by Gasteiger charge is 2.28. The highest BCUT2D eigenvalue weighted by Crippen LogP contribution is 2.21. The van der Waals surface area contributed by atoms with Gasteiger partial charge in [-0.05, 0) is 18.3 Å². The number of carbonyl (C=O) groups excluding carboxylic acids is 1. The molecule has 2 amide bonds. The van der Waals surface area contributed by atoms with Gasteiger partial charge in [-0.2, -0.15) is 0 Å². The normalized spacial score (nSPS) is 18.7. The van der Waals surface area contributed by atoms with Crippen molar-refractivity contribution in [1.82, 2.24) is 15.8 Å². The molecule has 1 aliphatic rings. The van der Waals surface area contributed by atoms with E-state index in [4.69, 9.17) is 5.11 Å². The summed E-state index contributed by atoms with van der Waals surface area (Å²) in [5, 5.41) is 13.6. The van der Waals surface area contributed by atoms with Crippen LogP contribution in [-0.2, 0) is 4.79 Å². The Kier molecular flexibility index (Phi) is 5.60. The molecule has 1 unspecified atom stereocenters. The Hall–Kier alpha value is -1.30. The van der Waals surface area contributed by atoms with Crippen LogP contribution in [0.1, 0.15) is 46.5 Å². The number of nitrogens with one attached hydrogen (secondary N) is 2. The van der Waals surface area contributed by atoms with Crippen LogP contribution in [0.3, 0.4) is 0 Å². The first-order valence-corrected chi connectivity index (χ1v) is 6.83. The lowest BCUT2D eigenvalue weighted by Crippen LogP contribution is -2.54. The van der Waals surface area contributed by atoms with Crippen LogP contribution in [0.15, 0.2) is 0 Å². The van der Waals surface area contributed by atoms with Gasteiger partial charge in [-0.3, -0.25) is 10.2 Å². The van der Waals surface area contributed by atoms with Crippen molar-refractivity contribution in [1.29, 1.82) is 0 Å². The number of carbonyl (C=O) groups is 2. The second-order valence-corrected chi connectivity index (χ2v) is 6.15. The fraction of sp³-hybridized carbons (Fsp3) is 0.846. The number of amides is 2. The number of aliphatic carboxylic acids is 1. The van der Waals surface area contributed by atoms with Gasteiger partial charge < -0.3 is 10.4 Å². The minimum Gasteiger partial charge on any atom is -0.481 e. The monoisotopic (exact) mass is 271 g/mol. The summed E-state index contributed by atoms with van der Waals surface area (Å²) in [6, 6.07) is -0.710. The van der Waals surface area contributed by atoms with E-state index in [0.717, 1.165) is 25.9 Å². The zero-order chi connectivity index (χ0) is 14.5. The van der Waals surface area contributed by atoms with Crippen LogP contribution in [0.2, 0.25) is 0 Å². The SMILES string of the molecule is CC(C)(C)C(CC(=O)O)NC(=O)NN1CCCCC1. The van der Waals surface area contributed by atoms with Crippen LogP contribution < -0.4 is 10.7 Å². The molecule has 0 aromatic carbocycles. The van der Waals surface area contributed by atoms with Crippen LogP contribution in [-0.4, -0.2) is 41.2 Å². The van der Waals surface area contributed by atoms with Crippen LogP contribution in [0.4, 0.5) is 4.79 Å². The minimum atomic E-state index is -0.904. The van der Waals surface area contributed by atoms with Crippen LogP contribution in [0, 0.1) is 5.41 Å². The Bertz CT molecular complexity index is 320. The minimum absolute atomic E-state index is 0.0725. The molecule has 1 saturated heterocycles. The molecule has 1 heterocycles. The number of hydrazine groups is 1. The maximum absolute atomic E-state index is 11.9. The van der Waals surface area contributed by atoms with Gasteiger partial charge in [0.05, 0.1) is 6.42 Å². The highest BCUT2D eigenvalue weighted by atomic mass is 16.4. The summed E-state index contributed by atoms with van der Waals surface area (Å²) in [5.41, 5.74) is 2.49. The molecule has 0 aromatic heterocycles. The maximum atomic E-state index is 11.9. The summed E-state index contributed by atoms with van der Waals surface area (Å²) in [4.78, 5) is 22.7. The average molecular weight is 271 g/mol. The molecule has 6 nitrogen and oxygen atoms in total. The van der Waals surface area contributed by atoms with Gasteiger partial charge in [0.15, 0.2) is 0 Å². The molecule has 19 heavy (non-hydrogen) atoms. The third-order valence-electron chi connectivity index (χ3n) is 3.35. The molecular weight excluding hydrogens is 246 g/mol. The van der Waals surface area contributed by atoms with E-state index in [1.54, 1.807) is 0 Å². The number of carboxylic acid groups (broad SMARTS) is 1. The third-order valence-corrected chi connectivity index (χ3v) is 3.35. The molecule has 1 fully saturated rings. The number of urea groups is 1. The van der Waals surface area contributed by atoms with Crippen molar-refractivity contribution in [2.75, 3.05) is 13.1 Å². The Morgan fingerprint density at radius 2 is 1.79 bits per heavy atom. The lowest BCUT2D eigenvalue weighted by molar-refractivity contribution is -0.138. The first-order valence-electron chi connectivity index (χ1n) is 6.83. The topological polar surface area (TPSA) is 81.7 Å². The number of hydrogen-bond acceptors (Lipinski definition) is 3. The highest BCUT2D eigenvalue weighted by molar-refractivity contribution is 5.75. The van der Waals surface area contributed by atoms with E-state index in [2.05, 4.69) is 10.7 Å². The van der Waals surface area contributed by atoms with E-state index < -0.39 is 12.0 Å². The molecule has 6 heteroatoms. The zero-order valence-electron chi connectivity index (χ0n) is 12.0. The summed E-state index contributed by atoms with van der Waals surface area (Å²) in [6.45, 7) is 7.46. The van der Waals surface area contributed by atoms with Gasteiger partial charge in [0, 0.05) is 19.1 Å². The number of piperidine rings is 1. The summed E-state index contributed by atoms with van der Waals surface area (Å²) in [5.74, 6) is -0.904. The first-order chi connectivity index (χ1) is 8.79. The summed E-state index contributed by atoms with van der Waals surface area (Å²) < 4.78 is 0. The van der Waals surface area contributed by atoms with Crippen molar-refractivity contribution >= 4 is 12.0 Å². The van der Waals surface area contributed by atoms with Gasteiger partial charge in [0.1, 0.15) is 0 Å². The van der Waals surface area contributed by atoms with E-state index in [1.807, 2.05) is 25.8 Å². The molecule has 1 atom stereocenters. The molecule has 0 aliphatic carbocycles. The van der Waals surface area contributed by atoms with Crippen LogP contribution in [0.25, 0.3) is 0 Å². The maximum Gasteiger partial charge on any atom is 0.329 e. The Morgan fingerprint density at radius 3 is 2.26 bits per heavy atom. The number of rotatable bonds is 4. The second-order valence-electron chi connectivity index (χ2n) is 6.15. The molecule has 0 radical (unpaired) electrons. The zero-order valence-corrected chi connectivity index (χ0v) is 12.0. The van der Waals surface area contributed by atoms with Crippen LogP contribution >= 0.6 is 0 Å². The first kappa shape index (κ1) is 15.8. The third kappa shape index (κ3) is 5.92. The molecule has 0 bridgehead atoms.